The third-order valence-corrected chi connectivity index (χ3v) is 2.90. The lowest BCUT2D eigenvalue weighted by Crippen LogP contribution is -2.09. The zero-order chi connectivity index (χ0) is 11.4. The number of benzene rings is 1. The lowest BCUT2D eigenvalue weighted by Gasteiger charge is -2.05. The van der Waals surface area contributed by atoms with Gasteiger partial charge >= 0.3 is 0 Å². The minimum absolute atomic E-state index is 0.409. The SMILES string of the molecule is CC(CCl)Cn1cc(-c2ccccc2)nn1. The van der Waals surface area contributed by atoms with E-state index in [1.807, 2.05) is 41.2 Å². The molecular formula is C12H14ClN3. The first-order valence-electron chi connectivity index (χ1n) is 5.31. The van der Waals surface area contributed by atoms with E-state index in [9.17, 15) is 0 Å². The van der Waals surface area contributed by atoms with Crippen molar-refractivity contribution in [2.24, 2.45) is 5.92 Å². The number of hydrogen-bond donors (Lipinski definition) is 0. The van der Waals surface area contributed by atoms with Gasteiger partial charge in [0.25, 0.3) is 0 Å². The van der Waals surface area contributed by atoms with Crippen LogP contribution in [0.3, 0.4) is 0 Å². The molecule has 0 N–H and O–H groups in total. The van der Waals surface area contributed by atoms with Gasteiger partial charge in [-0.2, -0.15) is 0 Å². The summed E-state index contributed by atoms with van der Waals surface area (Å²) in [5.74, 6) is 1.05. The average Bonchev–Trinajstić information content (AvgIpc) is 2.78. The van der Waals surface area contributed by atoms with E-state index in [0.29, 0.717) is 11.8 Å². The lowest BCUT2D eigenvalue weighted by atomic mass is 10.2. The maximum Gasteiger partial charge on any atom is 0.113 e. The molecule has 0 aliphatic rings. The molecule has 0 amide bonds. The maximum atomic E-state index is 5.76. The predicted octanol–water partition coefficient (Wildman–Crippen LogP) is 2.82. The van der Waals surface area contributed by atoms with Gasteiger partial charge in [0, 0.05) is 18.0 Å². The monoisotopic (exact) mass is 235 g/mol. The molecule has 1 heterocycles. The highest BCUT2D eigenvalue weighted by atomic mass is 35.5. The topological polar surface area (TPSA) is 30.7 Å². The van der Waals surface area contributed by atoms with Crippen LogP contribution in [0.25, 0.3) is 11.3 Å². The second kappa shape index (κ2) is 5.12. The standard InChI is InChI=1S/C12H14ClN3/c1-10(7-13)8-16-9-12(14-15-16)11-5-3-2-4-6-11/h2-6,9-10H,7-8H2,1H3. The zero-order valence-corrected chi connectivity index (χ0v) is 9.93. The van der Waals surface area contributed by atoms with Gasteiger partial charge in [0.05, 0.1) is 6.20 Å². The Morgan fingerprint density at radius 2 is 2.06 bits per heavy atom. The first-order chi connectivity index (χ1) is 7.79. The molecule has 16 heavy (non-hydrogen) atoms. The molecule has 1 aromatic carbocycles. The highest BCUT2D eigenvalue weighted by Crippen LogP contribution is 2.15. The summed E-state index contributed by atoms with van der Waals surface area (Å²) in [4.78, 5) is 0. The van der Waals surface area contributed by atoms with E-state index >= 15 is 0 Å². The number of halogens is 1. The number of nitrogens with zero attached hydrogens (tertiary/aromatic N) is 3. The van der Waals surface area contributed by atoms with Crippen molar-refractivity contribution in [3.63, 3.8) is 0 Å². The molecule has 0 radical (unpaired) electrons. The average molecular weight is 236 g/mol. The largest absolute Gasteiger partial charge is 0.252 e. The van der Waals surface area contributed by atoms with E-state index in [-0.39, 0.29) is 0 Å². The van der Waals surface area contributed by atoms with Crippen molar-refractivity contribution in [3.05, 3.63) is 36.5 Å². The molecule has 0 saturated carbocycles. The summed E-state index contributed by atoms with van der Waals surface area (Å²) in [5, 5.41) is 8.23. The van der Waals surface area contributed by atoms with E-state index in [2.05, 4.69) is 17.2 Å². The summed E-state index contributed by atoms with van der Waals surface area (Å²) in [7, 11) is 0. The highest BCUT2D eigenvalue weighted by molar-refractivity contribution is 6.18. The van der Waals surface area contributed by atoms with Crippen LogP contribution in [0.1, 0.15) is 6.92 Å². The van der Waals surface area contributed by atoms with Gasteiger partial charge in [-0.15, -0.1) is 16.7 Å². The second-order valence-electron chi connectivity index (χ2n) is 3.95. The number of rotatable bonds is 4. The summed E-state index contributed by atoms with van der Waals surface area (Å²) in [6.07, 6.45) is 1.96. The quantitative estimate of drug-likeness (QED) is 0.763. The van der Waals surface area contributed by atoms with Gasteiger partial charge in [-0.3, -0.25) is 4.68 Å². The van der Waals surface area contributed by atoms with Gasteiger partial charge in [0.15, 0.2) is 0 Å². The molecule has 2 aromatic rings. The number of hydrogen-bond acceptors (Lipinski definition) is 2. The van der Waals surface area contributed by atoms with Crippen LogP contribution in [0, 0.1) is 5.92 Å². The van der Waals surface area contributed by atoms with Crippen LogP contribution in [0.4, 0.5) is 0 Å². The summed E-state index contributed by atoms with van der Waals surface area (Å²) >= 11 is 5.76. The van der Waals surface area contributed by atoms with Gasteiger partial charge in [0.2, 0.25) is 0 Å². The van der Waals surface area contributed by atoms with Crippen molar-refractivity contribution in [1.29, 1.82) is 0 Å². The molecule has 84 valence electrons. The van der Waals surface area contributed by atoms with E-state index in [1.165, 1.54) is 0 Å². The molecule has 0 bridgehead atoms. The highest BCUT2D eigenvalue weighted by Gasteiger charge is 2.06. The van der Waals surface area contributed by atoms with Crippen molar-refractivity contribution in [3.8, 4) is 11.3 Å². The molecule has 1 unspecified atom stereocenters. The van der Waals surface area contributed by atoms with E-state index in [1.54, 1.807) is 0 Å². The van der Waals surface area contributed by atoms with Crippen molar-refractivity contribution < 1.29 is 0 Å². The van der Waals surface area contributed by atoms with E-state index in [0.717, 1.165) is 17.8 Å². The first kappa shape index (κ1) is 11.1. The molecule has 0 fully saturated rings. The molecule has 4 heteroatoms. The Kier molecular flexibility index (Phi) is 3.57. The minimum Gasteiger partial charge on any atom is -0.252 e. The van der Waals surface area contributed by atoms with Crippen LogP contribution >= 0.6 is 11.6 Å². The summed E-state index contributed by atoms with van der Waals surface area (Å²) in [6, 6.07) is 10.0. The number of aromatic nitrogens is 3. The van der Waals surface area contributed by atoms with Crippen LogP contribution in [-0.4, -0.2) is 20.9 Å². The molecule has 0 spiro atoms. The molecule has 1 atom stereocenters. The third-order valence-electron chi connectivity index (χ3n) is 2.37. The van der Waals surface area contributed by atoms with Crippen molar-refractivity contribution >= 4 is 11.6 Å². The van der Waals surface area contributed by atoms with E-state index in [4.69, 9.17) is 11.6 Å². The van der Waals surface area contributed by atoms with Crippen molar-refractivity contribution in [1.82, 2.24) is 15.0 Å². The Labute approximate surface area is 100 Å². The Hall–Kier alpha value is -1.35. The molecule has 0 saturated heterocycles. The molecule has 2 rings (SSSR count). The predicted molar refractivity (Wildman–Crippen MR) is 65.3 cm³/mol. The molecule has 0 aliphatic carbocycles. The van der Waals surface area contributed by atoms with Crippen LogP contribution in [-0.2, 0) is 6.54 Å². The summed E-state index contributed by atoms with van der Waals surface area (Å²) in [6.45, 7) is 2.90. The van der Waals surface area contributed by atoms with Crippen LogP contribution < -0.4 is 0 Å². The van der Waals surface area contributed by atoms with Gasteiger partial charge in [-0.25, -0.2) is 0 Å². The van der Waals surface area contributed by atoms with Gasteiger partial charge in [-0.05, 0) is 5.92 Å². The van der Waals surface area contributed by atoms with Crippen molar-refractivity contribution in [2.45, 2.75) is 13.5 Å². The summed E-state index contributed by atoms with van der Waals surface area (Å²) in [5.41, 5.74) is 2.00. The second-order valence-corrected chi connectivity index (χ2v) is 4.26. The van der Waals surface area contributed by atoms with Crippen molar-refractivity contribution in [2.75, 3.05) is 5.88 Å². The normalized spacial score (nSPS) is 12.6. The Morgan fingerprint density at radius 3 is 2.75 bits per heavy atom. The molecule has 3 nitrogen and oxygen atoms in total. The Balaban J connectivity index is 2.14. The summed E-state index contributed by atoms with van der Waals surface area (Å²) < 4.78 is 1.84. The fourth-order valence-corrected chi connectivity index (χ4v) is 1.59. The lowest BCUT2D eigenvalue weighted by molar-refractivity contribution is 0.476. The molecule has 0 aliphatic heterocycles. The first-order valence-corrected chi connectivity index (χ1v) is 5.84. The zero-order valence-electron chi connectivity index (χ0n) is 9.18. The molecular weight excluding hydrogens is 222 g/mol. The van der Waals surface area contributed by atoms with Gasteiger partial charge in [-0.1, -0.05) is 42.5 Å². The van der Waals surface area contributed by atoms with Gasteiger partial charge in [0.1, 0.15) is 5.69 Å². The fraction of sp³-hybridized carbons (Fsp3) is 0.333. The van der Waals surface area contributed by atoms with Gasteiger partial charge < -0.3 is 0 Å². The minimum atomic E-state index is 0.409. The fourth-order valence-electron chi connectivity index (χ4n) is 1.50. The van der Waals surface area contributed by atoms with E-state index < -0.39 is 0 Å². The Bertz CT molecular complexity index is 439. The smallest absolute Gasteiger partial charge is 0.113 e. The Morgan fingerprint density at radius 1 is 1.31 bits per heavy atom. The van der Waals surface area contributed by atoms with Crippen LogP contribution in [0.5, 0.6) is 0 Å². The van der Waals surface area contributed by atoms with Crippen LogP contribution in [0.15, 0.2) is 36.5 Å². The third kappa shape index (κ3) is 2.61. The maximum absolute atomic E-state index is 5.76. The number of alkyl halides is 1. The molecule has 1 aromatic heterocycles. The van der Waals surface area contributed by atoms with Crippen LogP contribution in [0.2, 0.25) is 0 Å².